The van der Waals surface area contributed by atoms with Crippen LogP contribution in [-0.4, -0.2) is 5.16 Å². The van der Waals surface area contributed by atoms with Crippen LogP contribution < -0.4 is 0 Å². The first-order valence-corrected chi connectivity index (χ1v) is 9.05. The second-order valence-corrected chi connectivity index (χ2v) is 8.26. The molecule has 2 heteroatoms. The fraction of sp³-hybridized carbons (Fsp3) is 0.500. The normalized spacial score (nSPS) is 21.3. The monoisotopic (exact) mass is 323 g/mol. The Morgan fingerprint density at radius 3 is 2.33 bits per heavy atom. The maximum Gasteiger partial charge on any atom is 0.159 e. The summed E-state index contributed by atoms with van der Waals surface area (Å²) in [6.07, 6.45) is 8.14. The van der Waals surface area contributed by atoms with Gasteiger partial charge in [0.15, 0.2) is 5.76 Å². The Balaban J connectivity index is 2.12. The van der Waals surface area contributed by atoms with Crippen LogP contribution in [0.2, 0.25) is 0 Å². The molecule has 0 radical (unpaired) electrons. The SMILES string of the molecule is CCCc1cc2c(cc1C=Cc1ccno1)C(C)(C)C(C)C2(C)C. The lowest BCUT2D eigenvalue weighted by Gasteiger charge is -2.32. The number of hydrogen-bond donors (Lipinski definition) is 0. The zero-order valence-corrected chi connectivity index (χ0v) is 15.8. The highest BCUT2D eigenvalue weighted by atomic mass is 16.5. The Kier molecular flexibility index (Phi) is 4.19. The van der Waals surface area contributed by atoms with Crippen molar-refractivity contribution < 1.29 is 4.52 Å². The van der Waals surface area contributed by atoms with E-state index in [1.54, 1.807) is 6.20 Å². The van der Waals surface area contributed by atoms with Gasteiger partial charge in [-0.3, -0.25) is 0 Å². The van der Waals surface area contributed by atoms with Gasteiger partial charge in [-0.1, -0.05) is 71.3 Å². The molecule has 3 rings (SSSR count). The molecule has 0 saturated carbocycles. The van der Waals surface area contributed by atoms with Gasteiger partial charge in [-0.15, -0.1) is 0 Å². The topological polar surface area (TPSA) is 26.0 Å². The van der Waals surface area contributed by atoms with Crippen molar-refractivity contribution in [2.45, 2.75) is 65.2 Å². The zero-order valence-electron chi connectivity index (χ0n) is 15.8. The lowest BCUT2D eigenvalue weighted by Crippen LogP contribution is -2.30. The second-order valence-electron chi connectivity index (χ2n) is 8.26. The molecular weight excluding hydrogens is 294 g/mol. The minimum atomic E-state index is 0.193. The molecule has 1 aliphatic rings. The summed E-state index contributed by atoms with van der Waals surface area (Å²) in [6, 6.07) is 6.76. The molecule has 2 nitrogen and oxygen atoms in total. The molecule has 1 heterocycles. The quantitative estimate of drug-likeness (QED) is 0.689. The minimum absolute atomic E-state index is 0.193. The highest BCUT2D eigenvalue weighted by molar-refractivity contribution is 5.71. The number of aryl methyl sites for hydroxylation is 1. The molecule has 0 N–H and O–H groups in total. The summed E-state index contributed by atoms with van der Waals surface area (Å²) in [5, 5.41) is 3.78. The summed E-state index contributed by atoms with van der Waals surface area (Å²) < 4.78 is 5.20. The van der Waals surface area contributed by atoms with Gasteiger partial charge >= 0.3 is 0 Å². The lowest BCUT2D eigenvalue weighted by atomic mass is 9.71. The van der Waals surface area contributed by atoms with Gasteiger partial charge in [-0.2, -0.15) is 0 Å². The number of hydrogen-bond acceptors (Lipinski definition) is 2. The van der Waals surface area contributed by atoms with Crippen LogP contribution in [0.1, 0.15) is 76.0 Å². The van der Waals surface area contributed by atoms with Crippen LogP contribution in [0.25, 0.3) is 12.2 Å². The molecule has 0 bridgehead atoms. The van der Waals surface area contributed by atoms with Gasteiger partial charge in [0.05, 0.1) is 6.20 Å². The summed E-state index contributed by atoms with van der Waals surface area (Å²) in [5.74, 6) is 1.41. The van der Waals surface area contributed by atoms with E-state index in [0.29, 0.717) is 5.92 Å². The van der Waals surface area contributed by atoms with E-state index in [2.05, 4.69) is 64.9 Å². The summed E-state index contributed by atoms with van der Waals surface area (Å²) in [7, 11) is 0. The van der Waals surface area contributed by atoms with Crippen LogP contribution in [0.3, 0.4) is 0 Å². The van der Waals surface area contributed by atoms with Gasteiger partial charge in [-0.25, -0.2) is 0 Å². The van der Waals surface area contributed by atoms with E-state index in [1.807, 2.05) is 12.1 Å². The average Bonchev–Trinajstić information content (AvgIpc) is 3.09. The molecule has 0 fully saturated rings. The number of fused-ring (bicyclic) bond motifs is 1. The van der Waals surface area contributed by atoms with E-state index in [0.717, 1.165) is 18.6 Å². The fourth-order valence-electron chi connectivity index (χ4n) is 4.22. The van der Waals surface area contributed by atoms with Gasteiger partial charge in [0.25, 0.3) is 0 Å². The van der Waals surface area contributed by atoms with Crippen molar-refractivity contribution >= 4 is 12.2 Å². The third kappa shape index (κ3) is 2.62. The molecule has 1 unspecified atom stereocenters. The molecule has 1 aromatic carbocycles. The van der Waals surface area contributed by atoms with Crippen LogP contribution in [0.15, 0.2) is 28.9 Å². The summed E-state index contributed by atoms with van der Waals surface area (Å²) >= 11 is 0. The van der Waals surface area contributed by atoms with Gasteiger partial charge < -0.3 is 4.52 Å². The zero-order chi connectivity index (χ0) is 17.5. The first kappa shape index (κ1) is 17.0. The van der Waals surface area contributed by atoms with Crippen molar-refractivity contribution in [3.05, 3.63) is 52.4 Å². The van der Waals surface area contributed by atoms with Crippen molar-refractivity contribution in [3.63, 3.8) is 0 Å². The molecule has 0 saturated heterocycles. The van der Waals surface area contributed by atoms with E-state index >= 15 is 0 Å². The van der Waals surface area contributed by atoms with Gasteiger partial charge in [-0.05, 0) is 51.5 Å². The van der Waals surface area contributed by atoms with Gasteiger partial charge in [0.1, 0.15) is 0 Å². The first-order valence-electron chi connectivity index (χ1n) is 9.05. The Morgan fingerprint density at radius 2 is 1.75 bits per heavy atom. The molecule has 1 aliphatic carbocycles. The van der Waals surface area contributed by atoms with E-state index in [1.165, 1.54) is 22.3 Å². The van der Waals surface area contributed by atoms with E-state index in [-0.39, 0.29) is 10.8 Å². The molecule has 24 heavy (non-hydrogen) atoms. The smallest absolute Gasteiger partial charge is 0.159 e. The third-order valence-corrected chi connectivity index (χ3v) is 6.24. The van der Waals surface area contributed by atoms with E-state index < -0.39 is 0 Å². The van der Waals surface area contributed by atoms with E-state index in [9.17, 15) is 0 Å². The Morgan fingerprint density at radius 1 is 1.08 bits per heavy atom. The Bertz CT molecular complexity index is 751. The van der Waals surface area contributed by atoms with Crippen molar-refractivity contribution in [2.75, 3.05) is 0 Å². The van der Waals surface area contributed by atoms with Crippen molar-refractivity contribution in [1.82, 2.24) is 5.16 Å². The molecule has 0 amide bonds. The van der Waals surface area contributed by atoms with E-state index in [4.69, 9.17) is 4.52 Å². The summed E-state index contributed by atoms with van der Waals surface area (Å²) in [6.45, 7) is 14.2. The van der Waals surface area contributed by atoms with Crippen LogP contribution in [-0.2, 0) is 17.3 Å². The maximum atomic E-state index is 5.20. The predicted molar refractivity (Wildman–Crippen MR) is 101 cm³/mol. The maximum absolute atomic E-state index is 5.20. The molecule has 1 atom stereocenters. The molecular formula is C22H29NO. The molecule has 1 aromatic heterocycles. The van der Waals surface area contributed by atoms with Gasteiger partial charge in [0, 0.05) is 6.07 Å². The first-order chi connectivity index (χ1) is 11.3. The van der Waals surface area contributed by atoms with Crippen LogP contribution >= 0.6 is 0 Å². The van der Waals surface area contributed by atoms with Crippen molar-refractivity contribution in [1.29, 1.82) is 0 Å². The molecule has 0 aliphatic heterocycles. The number of rotatable bonds is 4. The van der Waals surface area contributed by atoms with Crippen LogP contribution in [0, 0.1) is 5.92 Å². The lowest BCUT2D eigenvalue weighted by molar-refractivity contribution is 0.264. The third-order valence-electron chi connectivity index (χ3n) is 6.24. The summed E-state index contributed by atoms with van der Waals surface area (Å²) in [5.41, 5.74) is 6.18. The minimum Gasteiger partial charge on any atom is -0.357 e. The average molecular weight is 323 g/mol. The fourth-order valence-corrected chi connectivity index (χ4v) is 4.22. The van der Waals surface area contributed by atoms with Crippen molar-refractivity contribution in [3.8, 4) is 0 Å². The molecule has 0 spiro atoms. The van der Waals surface area contributed by atoms with Crippen LogP contribution in [0.4, 0.5) is 0 Å². The largest absolute Gasteiger partial charge is 0.357 e. The predicted octanol–water partition coefficient (Wildman–Crippen LogP) is 6.00. The summed E-state index contributed by atoms with van der Waals surface area (Å²) in [4.78, 5) is 0. The Hall–Kier alpha value is -1.83. The highest BCUT2D eigenvalue weighted by Gasteiger charge is 2.48. The standard InChI is InChI=1S/C22H29NO/c1-7-8-16-13-19-20(22(5,6)15(2)21(19,3)4)14-17(16)9-10-18-11-12-23-24-18/h9-15H,7-8H2,1-6H3. The molecule has 128 valence electrons. The molecule has 2 aromatic rings. The number of nitrogens with zero attached hydrogens (tertiary/aromatic N) is 1. The highest BCUT2D eigenvalue weighted by Crippen LogP contribution is 2.54. The Labute approximate surface area is 146 Å². The number of aromatic nitrogens is 1. The van der Waals surface area contributed by atoms with Gasteiger partial charge in [0.2, 0.25) is 0 Å². The second kappa shape index (κ2) is 5.91. The van der Waals surface area contributed by atoms with Crippen LogP contribution in [0.5, 0.6) is 0 Å². The van der Waals surface area contributed by atoms with Crippen molar-refractivity contribution in [2.24, 2.45) is 5.92 Å². The number of benzene rings is 1.